The summed E-state index contributed by atoms with van der Waals surface area (Å²) in [6.07, 6.45) is 4.01. The van der Waals surface area contributed by atoms with Crippen LogP contribution in [-0.2, 0) is 4.79 Å². The number of fused-ring (bicyclic) bond motifs is 1. The first-order chi connectivity index (χ1) is 14.7. The Hall–Kier alpha value is -3.02. The predicted octanol–water partition coefficient (Wildman–Crippen LogP) is 4.29. The van der Waals surface area contributed by atoms with Gasteiger partial charge in [-0.25, -0.2) is 4.98 Å². The first-order valence-electron chi connectivity index (χ1n) is 10.7. The molecule has 1 saturated heterocycles. The summed E-state index contributed by atoms with van der Waals surface area (Å²) in [7, 11) is 3.29. The number of ether oxygens (including phenoxy) is 2. The monoisotopic (exact) mass is 405 g/mol. The number of piperidine rings is 1. The molecule has 156 valence electrons. The van der Waals surface area contributed by atoms with Crippen molar-refractivity contribution >= 4 is 16.9 Å². The first-order valence-corrected chi connectivity index (χ1v) is 10.7. The van der Waals surface area contributed by atoms with Crippen molar-refractivity contribution in [2.24, 2.45) is 5.92 Å². The third kappa shape index (κ3) is 3.30. The van der Waals surface area contributed by atoms with Crippen molar-refractivity contribution in [3.05, 3.63) is 42.5 Å². The molecule has 6 nitrogen and oxygen atoms in total. The topological polar surface area (TPSA) is 56.6 Å². The minimum absolute atomic E-state index is 0.290. The quantitative estimate of drug-likeness (QED) is 0.635. The van der Waals surface area contributed by atoms with Gasteiger partial charge in [-0.1, -0.05) is 12.1 Å². The molecule has 6 heteroatoms. The molecule has 0 N–H and O–H groups in total. The van der Waals surface area contributed by atoms with Crippen LogP contribution in [0, 0.1) is 5.92 Å². The number of methoxy groups -OCH3 is 2. The summed E-state index contributed by atoms with van der Waals surface area (Å²) < 4.78 is 13.3. The molecule has 1 amide bonds. The first kappa shape index (κ1) is 19.0. The van der Waals surface area contributed by atoms with Crippen LogP contribution in [0.1, 0.15) is 31.7 Å². The Morgan fingerprint density at radius 1 is 0.967 bits per heavy atom. The summed E-state index contributed by atoms with van der Waals surface area (Å²) >= 11 is 0. The Bertz CT molecular complexity index is 1080. The Morgan fingerprint density at radius 2 is 1.70 bits per heavy atom. The zero-order valence-electron chi connectivity index (χ0n) is 17.5. The van der Waals surface area contributed by atoms with E-state index in [0.29, 0.717) is 23.4 Å². The highest BCUT2D eigenvalue weighted by Gasteiger charge is 2.35. The molecule has 1 saturated carbocycles. The fraction of sp³-hybridized carbons (Fsp3) is 0.417. The van der Waals surface area contributed by atoms with Crippen molar-refractivity contribution in [3.63, 3.8) is 0 Å². The molecular formula is C24H27N3O3. The molecule has 2 fully saturated rings. The number of aromatic nitrogens is 2. The summed E-state index contributed by atoms with van der Waals surface area (Å²) in [5.41, 5.74) is 3.12. The second kappa shape index (κ2) is 7.67. The molecule has 2 aliphatic rings. The highest BCUT2D eigenvalue weighted by atomic mass is 16.5. The summed E-state index contributed by atoms with van der Waals surface area (Å²) in [5.74, 6) is 2.97. The van der Waals surface area contributed by atoms with Gasteiger partial charge < -0.3 is 18.9 Å². The van der Waals surface area contributed by atoms with Gasteiger partial charge in [0, 0.05) is 30.6 Å². The number of amides is 1. The van der Waals surface area contributed by atoms with Gasteiger partial charge >= 0.3 is 0 Å². The average Bonchev–Trinajstić information content (AvgIpc) is 3.58. The van der Waals surface area contributed by atoms with Crippen LogP contribution < -0.4 is 9.47 Å². The Balaban J connectivity index is 1.51. The number of hydrogen-bond donors (Lipinski definition) is 0. The fourth-order valence-corrected chi connectivity index (χ4v) is 4.53. The van der Waals surface area contributed by atoms with Crippen LogP contribution >= 0.6 is 0 Å². The van der Waals surface area contributed by atoms with Crippen LogP contribution in [0.4, 0.5) is 0 Å². The van der Waals surface area contributed by atoms with E-state index in [9.17, 15) is 4.79 Å². The van der Waals surface area contributed by atoms with Gasteiger partial charge in [0.25, 0.3) is 0 Å². The maximum atomic E-state index is 12.5. The van der Waals surface area contributed by atoms with Gasteiger partial charge in [-0.15, -0.1) is 0 Å². The number of imidazole rings is 1. The number of hydrogen-bond acceptors (Lipinski definition) is 4. The second-order valence-corrected chi connectivity index (χ2v) is 8.19. The highest BCUT2D eigenvalue weighted by Crippen LogP contribution is 2.38. The smallest absolute Gasteiger partial charge is 0.225 e. The number of likely N-dealkylation sites (tertiary alicyclic amines) is 1. The molecule has 5 rings (SSSR count). The number of rotatable bonds is 5. The van der Waals surface area contributed by atoms with E-state index in [-0.39, 0.29) is 5.92 Å². The molecule has 0 atom stereocenters. The minimum Gasteiger partial charge on any atom is -0.493 e. The molecule has 0 radical (unpaired) electrons. The van der Waals surface area contributed by atoms with E-state index in [1.54, 1.807) is 14.2 Å². The Labute approximate surface area is 176 Å². The molecule has 30 heavy (non-hydrogen) atoms. The lowest BCUT2D eigenvalue weighted by Crippen LogP contribution is -2.39. The second-order valence-electron chi connectivity index (χ2n) is 8.19. The van der Waals surface area contributed by atoms with E-state index in [1.165, 1.54) is 0 Å². The third-order valence-corrected chi connectivity index (χ3v) is 6.31. The molecule has 1 aromatic heterocycles. The molecule has 2 heterocycles. The summed E-state index contributed by atoms with van der Waals surface area (Å²) in [5, 5.41) is 0. The highest BCUT2D eigenvalue weighted by molar-refractivity contribution is 5.82. The van der Waals surface area contributed by atoms with Crippen LogP contribution in [-0.4, -0.2) is 47.7 Å². The lowest BCUT2D eigenvalue weighted by Gasteiger charge is -2.34. The van der Waals surface area contributed by atoms with Crippen LogP contribution in [0.3, 0.4) is 0 Å². The van der Waals surface area contributed by atoms with Gasteiger partial charge in [-0.2, -0.15) is 0 Å². The standard InChI is InChI=1S/C24H27N3O3/c1-29-21-10-9-17(15-22(21)30-2)23-25-19-5-3-4-6-20(19)27(23)18-11-13-26(14-12-18)24(28)16-7-8-16/h3-6,9-10,15-16,18H,7-8,11-14H2,1-2H3. The number of carbonyl (C=O) groups is 1. The zero-order valence-corrected chi connectivity index (χ0v) is 17.5. The maximum Gasteiger partial charge on any atom is 0.225 e. The Kier molecular flexibility index (Phi) is 4.85. The van der Waals surface area contributed by atoms with Gasteiger partial charge in [0.05, 0.1) is 25.3 Å². The predicted molar refractivity (Wildman–Crippen MR) is 116 cm³/mol. The van der Waals surface area contributed by atoms with Crippen molar-refractivity contribution in [2.45, 2.75) is 31.7 Å². The Morgan fingerprint density at radius 3 is 2.40 bits per heavy atom. The van der Waals surface area contributed by atoms with E-state index < -0.39 is 0 Å². The molecule has 0 spiro atoms. The maximum absolute atomic E-state index is 12.5. The largest absolute Gasteiger partial charge is 0.493 e. The normalized spacial score (nSPS) is 17.3. The number of para-hydroxylation sites is 2. The fourth-order valence-electron chi connectivity index (χ4n) is 4.53. The molecule has 1 aliphatic heterocycles. The average molecular weight is 405 g/mol. The summed E-state index contributed by atoms with van der Waals surface area (Å²) in [4.78, 5) is 19.5. The van der Waals surface area contributed by atoms with Crippen molar-refractivity contribution < 1.29 is 14.3 Å². The summed E-state index contributed by atoms with van der Waals surface area (Å²) in [6, 6.07) is 14.5. The lowest BCUT2D eigenvalue weighted by molar-refractivity contribution is -0.133. The van der Waals surface area contributed by atoms with Crippen molar-refractivity contribution in [1.29, 1.82) is 0 Å². The van der Waals surface area contributed by atoms with Gasteiger partial charge in [-0.3, -0.25) is 4.79 Å². The van der Waals surface area contributed by atoms with E-state index in [0.717, 1.165) is 61.2 Å². The zero-order chi connectivity index (χ0) is 20.7. The van der Waals surface area contributed by atoms with Crippen molar-refractivity contribution in [3.8, 4) is 22.9 Å². The molecule has 1 aliphatic carbocycles. The van der Waals surface area contributed by atoms with Gasteiger partial charge in [0.2, 0.25) is 5.91 Å². The number of carbonyl (C=O) groups excluding carboxylic acids is 1. The van der Waals surface area contributed by atoms with E-state index in [4.69, 9.17) is 14.5 Å². The summed E-state index contributed by atoms with van der Waals surface area (Å²) in [6.45, 7) is 1.63. The van der Waals surface area contributed by atoms with Crippen LogP contribution in [0.25, 0.3) is 22.4 Å². The lowest BCUT2D eigenvalue weighted by atomic mass is 10.0. The van der Waals surface area contributed by atoms with E-state index >= 15 is 0 Å². The van der Waals surface area contributed by atoms with Gasteiger partial charge in [0.1, 0.15) is 5.82 Å². The number of benzene rings is 2. The minimum atomic E-state index is 0.290. The molecular weight excluding hydrogens is 378 g/mol. The van der Waals surface area contributed by atoms with Gasteiger partial charge in [-0.05, 0) is 56.0 Å². The van der Waals surface area contributed by atoms with Crippen LogP contribution in [0.15, 0.2) is 42.5 Å². The van der Waals surface area contributed by atoms with Gasteiger partial charge in [0.15, 0.2) is 11.5 Å². The van der Waals surface area contributed by atoms with E-state index in [1.807, 2.05) is 24.3 Å². The molecule has 2 aromatic carbocycles. The van der Waals surface area contributed by atoms with E-state index in [2.05, 4.69) is 27.7 Å². The molecule has 0 bridgehead atoms. The van der Waals surface area contributed by atoms with Crippen molar-refractivity contribution in [1.82, 2.24) is 14.5 Å². The SMILES string of the molecule is COc1ccc(-c2nc3ccccc3n2C2CCN(C(=O)C3CC3)CC2)cc1OC. The van der Waals surface area contributed by atoms with Crippen LogP contribution in [0.2, 0.25) is 0 Å². The van der Waals surface area contributed by atoms with Crippen molar-refractivity contribution in [2.75, 3.05) is 27.3 Å². The van der Waals surface area contributed by atoms with Crippen LogP contribution in [0.5, 0.6) is 11.5 Å². The molecule has 3 aromatic rings. The molecule has 0 unspecified atom stereocenters. The number of nitrogens with zero attached hydrogens (tertiary/aromatic N) is 3. The third-order valence-electron chi connectivity index (χ3n) is 6.31.